The van der Waals surface area contributed by atoms with Crippen molar-refractivity contribution in [2.24, 2.45) is 0 Å². The fraction of sp³-hybridized carbons (Fsp3) is 0.154. The van der Waals surface area contributed by atoms with Crippen LogP contribution in [0.2, 0.25) is 0 Å². The Morgan fingerprint density at radius 1 is 0.879 bits per heavy atom. The Morgan fingerprint density at radius 2 is 1.48 bits per heavy atom. The summed E-state index contributed by atoms with van der Waals surface area (Å²) in [7, 11) is 4.67. The number of para-hydroxylation sites is 1. The molecule has 4 rings (SSSR count). The van der Waals surface area contributed by atoms with E-state index in [9.17, 15) is 4.79 Å². The number of hydrogen-bond donors (Lipinski definition) is 1. The summed E-state index contributed by atoms with van der Waals surface area (Å²) in [6.07, 6.45) is 1.75. The first-order valence-corrected chi connectivity index (χ1v) is 10.4. The molecule has 33 heavy (non-hydrogen) atoms. The monoisotopic (exact) mass is 443 g/mol. The lowest BCUT2D eigenvalue weighted by molar-refractivity contribution is 0.0951. The number of rotatable bonds is 8. The SMILES string of the molecule is COc1cc(CNC(=O)c2cn(-c3ccccc3)nc2-c2ccccc2)cc(OC)c1OC. The van der Waals surface area contributed by atoms with E-state index < -0.39 is 0 Å². The van der Waals surface area contributed by atoms with Crippen LogP contribution in [0.3, 0.4) is 0 Å². The number of carbonyl (C=O) groups excluding carboxylic acids is 1. The molecule has 0 spiro atoms. The topological polar surface area (TPSA) is 74.6 Å². The van der Waals surface area contributed by atoms with Crippen LogP contribution in [0.4, 0.5) is 0 Å². The van der Waals surface area contributed by atoms with Gasteiger partial charge in [-0.1, -0.05) is 48.5 Å². The molecule has 0 bridgehead atoms. The average molecular weight is 444 g/mol. The smallest absolute Gasteiger partial charge is 0.255 e. The van der Waals surface area contributed by atoms with E-state index in [4.69, 9.17) is 19.3 Å². The van der Waals surface area contributed by atoms with Gasteiger partial charge in [-0.15, -0.1) is 0 Å². The largest absolute Gasteiger partial charge is 0.493 e. The zero-order valence-corrected chi connectivity index (χ0v) is 18.7. The van der Waals surface area contributed by atoms with Crippen LogP contribution >= 0.6 is 0 Å². The molecule has 0 aliphatic rings. The van der Waals surface area contributed by atoms with Crippen LogP contribution in [0, 0.1) is 0 Å². The van der Waals surface area contributed by atoms with Gasteiger partial charge in [-0.05, 0) is 29.8 Å². The fourth-order valence-corrected chi connectivity index (χ4v) is 3.58. The normalized spacial score (nSPS) is 10.5. The third-order valence-electron chi connectivity index (χ3n) is 5.20. The van der Waals surface area contributed by atoms with Crippen molar-refractivity contribution < 1.29 is 19.0 Å². The van der Waals surface area contributed by atoms with Crippen LogP contribution in [0.5, 0.6) is 17.2 Å². The highest BCUT2D eigenvalue weighted by atomic mass is 16.5. The van der Waals surface area contributed by atoms with Gasteiger partial charge in [0.05, 0.1) is 32.6 Å². The summed E-state index contributed by atoms with van der Waals surface area (Å²) in [5.41, 5.74) is 3.65. The Balaban J connectivity index is 1.64. The zero-order chi connectivity index (χ0) is 23.2. The van der Waals surface area contributed by atoms with Gasteiger partial charge in [0, 0.05) is 18.3 Å². The third-order valence-corrected chi connectivity index (χ3v) is 5.20. The molecular weight excluding hydrogens is 418 g/mol. The van der Waals surface area contributed by atoms with Crippen LogP contribution < -0.4 is 19.5 Å². The molecule has 1 N–H and O–H groups in total. The van der Waals surface area contributed by atoms with Crippen molar-refractivity contribution in [3.63, 3.8) is 0 Å². The summed E-state index contributed by atoms with van der Waals surface area (Å²) < 4.78 is 17.9. The van der Waals surface area contributed by atoms with Crippen molar-refractivity contribution >= 4 is 5.91 Å². The molecule has 0 atom stereocenters. The van der Waals surface area contributed by atoms with Crippen molar-refractivity contribution in [2.75, 3.05) is 21.3 Å². The molecule has 0 saturated heterocycles. The van der Waals surface area contributed by atoms with Crippen molar-refractivity contribution in [3.05, 3.63) is 90.1 Å². The van der Waals surface area contributed by atoms with Gasteiger partial charge in [-0.25, -0.2) is 4.68 Å². The predicted molar refractivity (Wildman–Crippen MR) is 126 cm³/mol. The summed E-state index contributed by atoms with van der Waals surface area (Å²) in [6, 6.07) is 23.0. The molecule has 1 heterocycles. The van der Waals surface area contributed by atoms with E-state index in [1.54, 1.807) is 32.2 Å². The van der Waals surface area contributed by atoms with E-state index in [0.29, 0.717) is 28.5 Å². The number of benzene rings is 3. The lowest BCUT2D eigenvalue weighted by Gasteiger charge is -2.14. The summed E-state index contributed by atoms with van der Waals surface area (Å²) >= 11 is 0. The van der Waals surface area contributed by atoms with E-state index in [-0.39, 0.29) is 12.5 Å². The van der Waals surface area contributed by atoms with Gasteiger partial charge in [0.15, 0.2) is 11.5 Å². The summed E-state index contributed by atoms with van der Waals surface area (Å²) in [6.45, 7) is 0.278. The second kappa shape index (κ2) is 9.91. The summed E-state index contributed by atoms with van der Waals surface area (Å²) in [5.74, 6) is 1.33. The van der Waals surface area contributed by atoms with Crippen LogP contribution in [-0.2, 0) is 6.54 Å². The van der Waals surface area contributed by atoms with Gasteiger partial charge < -0.3 is 19.5 Å². The number of carbonyl (C=O) groups is 1. The average Bonchev–Trinajstić information content (AvgIpc) is 3.33. The molecule has 0 saturated carbocycles. The minimum absolute atomic E-state index is 0.232. The van der Waals surface area contributed by atoms with E-state index in [1.165, 1.54) is 0 Å². The van der Waals surface area contributed by atoms with Gasteiger partial charge in [0.25, 0.3) is 5.91 Å². The first-order chi connectivity index (χ1) is 16.1. The number of amides is 1. The van der Waals surface area contributed by atoms with Crippen LogP contribution in [0.25, 0.3) is 16.9 Å². The van der Waals surface area contributed by atoms with Gasteiger partial charge >= 0.3 is 0 Å². The summed E-state index contributed by atoms with van der Waals surface area (Å²) in [5, 5.41) is 7.69. The molecule has 0 aliphatic heterocycles. The fourth-order valence-electron chi connectivity index (χ4n) is 3.58. The van der Waals surface area contributed by atoms with Gasteiger partial charge in [-0.3, -0.25) is 4.79 Å². The van der Waals surface area contributed by atoms with Crippen molar-refractivity contribution in [2.45, 2.75) is 6.54 Å². The second-order valence-corrected chi connectivity index (χ2v) is 7.25. The Labute approximate surface area is 192 Å². The molecule has 0 fully saturated rings. The molecule has 1 aromatic heterocycles. The standard InChI is InChI=1S/C26H25N3O4/c1-31-22-14-18(15-23(32-2)25(22)33-3)16-27-26(30)21-17-29(20-12-8-5-9-13-20)28-24(21)19-10-6-4-7-11-19/h4-15,17H,16H2,1-3H3,(H,27,30). The number of aromatic nitrogens is 2. The first kappa shape index (κ1) is 22.0. The van der Waals surface area contributed by atoms with E-state index in [1.807, 2.05) is 72.8 Å². The molecule has 0 radical (unpaired) electrons. The molecule has 0 unspecified atom stereocenters. The number of nitrogens with one attached hydrogen (secondary N) is 1. The highest BCUT2D eigenvalue weighted by molar-refractivity contribution is 5.99. The van der Waals surface area contributed by atoms with Crippen LogP contribution in [0.15, 0.2) is 79.0 Å². The van der Waals surface area contributed by atoms with Crippen LogP contribution in [-0.4, -0.2) is 37.0 Å². The quantitative estimate of drug-likeness (QED) is 0.434. The maximum absolute atomic E-state index is 13.2. The van der Waals surface area contributed by atoms with Crippen LogP contribution in [0.1, 0.15) is 15.9 Å². The molecule has 168 valence electrons. The number of nitrogens with zero attached hydrogens (tertiary/aromatic N) is 2. The van der Waals surface area contributed by atoms with Crippen molar-refractivity contribution in [1.82, 2.24) is 15.1 Å². The maximum atomic E-state index is 13.2. The van der Waals surface area contributed by atoms with E-state index in [2.05, 4.69) is 5.32 Å². The minimum Gasteiger partial charge on any atom is -0.493 e. The van der Waals surface area contributed by atoms with Gasteiger partial charge in [-0.2, -0.15) is 5.10 Å². The van der Waals surface area contributed by atoms with Gasteiger partial charge in [0.2, 0.25) is 5.75 Å². The lowest BCUT2D eigenvalue weighted by Crippen LogP contribution is -2.23. The van der Waals surface area contributed by atoms with Gasteiger partial charge in [0.1, 0.15) is 5.69 Å². The van der Waals surface area contributed by atoms with E-state index >= 15 is 0 Å². The first-order valence-electron chi connectivity index (χ1n) is 10.4. The molecule has 1 amide bonds. The molecule has 3 aromatic carbocycles. The number of methoxy groups -OCH3 is 3. The highest BCUT2D eigenvalue weighted by Crippen LogP contribution is 2.38. The Kier molecular flexibility index (Phi) is 6.59. The van der Waals surface area contributed by atoms with Crippen molar-refractivity contribution in [1.29, 1.82) is 0 Å². The zero-order valence-electron chi connectivity index (χ0n) is 18.7. The number of ether oxygens (including phenoxy) is 3. The molecular formula is C26H25N3O4. The highest BCUT2D eigenvalue weighted by Gasteiger charge is 2.19. The summed E-state index contributed by atoms with van der Waals surface area (Å²) in [4.78, 5) is 13.2. The minimum atomic E-state index is -0.232. The molecule has 7 nitrogen and oxygen atoms in total. The Morgan fingerprint density at radius 3 is 2.06 bits per heavy atom. The molecule has 4 aromatic rings. The second-order valence-electron chi connectivity index (χ2n) is 7.25. The maximum Gasteiger partial charge on any atom is 0.255 e. The lowest BCUT2D eigenvalue weighted by atomic mass is 10.1. The molecule has 0 aliphatic carbocycles. The number of hydrogen-bond acceptors (Lipinski definition) is 5. The van der Waals surface area contributed by atoms with Crippen molar-refractivity contribution in [3.8, 4) is 34.2 Å². The Hall–Kier alpha value is -4.26. The predicted octanol–water partition coefficient (Wildman–Crippen LogP) is 4.50. The molecule has 7 heteroatoms. The van der Waals surface area contributed by atoms with E-state index in [0.717, 1.165) is 16.8 Å². The Bertz CT molecular complexity index is 1210. The third kappa shape index (κ3) is 4.67.